The summed E-state index contributed by atoms with van der Waals surface area (Å²) in [5.41, 5.74) is -0.177. The third-order valence-electron chi connectivity index (χ3n) is 2.56. The van der Waals surface area contributed by atoms with Crippen LogP contribution in [0.1, 0.15) is 59.3 Å². The van der Waals surface area contributed by atoms with Crippen molar-refractivity contribution in [1.29, 1.82) is 0 Å². The van der Waals surface area contributed by atoms with E-state index in [0.717, 1.165) is 38.5 Å². The van der Waals surface area contributed by atoms with Gasteiger partial charge < -0.3 is 10.4 Å². The molecule has 0 aromatic rings. The Kier molecular flexibility index (Phi) is 6.34. The standard InChI is InChI=1S/C11H23NO2/c1-4-7-11(8-5-2,9-6-3)12-10(13)14/h12H,4-9H2,1-3H3,(H,13,14). The Balaban J connectivity index is 4.45. The maximum atomic E-state index is 10.7. The van der Waals surface area contributed by atoms with E-state index in [0.29, 0.717) is 0 Å². The molecule has 3 heteroatoms. The molecular formula is C11H23NO2. The Morgan fingerprint density at radius 1 is 1.07 bits per heavy atom. The highest BCUT2D eigenvalue weighted by Crippen LogP contribution is 2.25. The zero-order chi connectivity index (χ0) is 11.0. The molecule has 0 bridgehead atoms. The van der Waals surface area contributed by atoms with Crippen LogP contribution in [0.2, 0.25) is 0 Å². The molecule has 0 atom stereocenters. The molecule has 0 aromatic carbocycles. The molecule has 1 amide bonds. The summed E-state index contributed by atoms with van der Waals surface area (Å²) in [5.74, 6) is 0. The van der Waals surface area contributed by atoms with Gasteiger partial charge in [0.1, 0.15) is 0 Å². The normalized spacial score (nSPS) is 11.4. The smallest absolute Gasteiger partial charge is 0.405 e. The molecule has 2 N–H and O–H groups in total. The van der Waals surface area contributed by atoms with Gasteiger partial charge in [0, 0.05) is 5.54 Å². The summed E-state index contributed by atoms with van der Waals surface area (Å²) >= 11 is 0. The van der Waals surface area contributed by atoms with Crippen molar-refractivity contribution in [2.75, 3.05) is 0 Å². The lowest BCUT2D eigenvalue weighted by Crippen LogP contribution is -2.47. The molecule has 3 nitrogen and oxygen atoms in total. The Bertz CT molecular complexity index is 152. The van der Waals surface area contributed by atoms with Gasteiger partial charge in [0.2, 0.25) is 0 Å². The van der Waals surface area contributed by atoms with Crippen LogP contribution in [-0.2, 0) is 0 Å². The van der Waals surface area contributed by atoms with Crippen molar-refractivity contribution in [2.24, 2.45) is 0 Å². The van der Waals surface area contributed by atoms with E-state index < -0.39 is 6.09 Å². The van der Waals surface area contributed by atoms with Crippen molar-refractivity contribution in [3.8, 4) is 0 Å². The second-order valence-corrected chi connectivity index (χ2v) is 3.96. The van der Waals surface area contributed by atoms with Gasteiger partial charge in [0.05, 0.1) is 0 Å². The van der Waals surface area contributed by atoms with Crippen molar-refractivity contribution in [3.05, 3.63) is 0 Å². The largest absolute Gasteiger partial charge is 0.465 e. The van der Waals surface area contributed by atoms with Crippen LogP contribution in [-0.4, -0.2) is 16.7 Å². The Morgan fingerprint density at radius 3 is 1.64 bits per heavy atom. The van der Waals surface area contributed by atoms with E-state index >= 15 is 0 Å². The molecule has 0 rings (SSSR count). The van der Waals surface area contributed by atoms with Crippen LogP contribution >= 0.6 is 0 Å². The molecule has 0 aliphatic heterocycles. The van der Waals surface area contributed by atoms with E-state index in [2.05, 4.69) is 26.1 Å². The highest BCUT2D eigenvalue weighted by Gasteiger charge is 2.28. The summed E-state index contributed by atoms with van der Waals surface area (Å²) in [6.07, 6.45) is 5.03. The predicted octanol–water partition coefficient (Wildman–Crippen LogP) is 3.39. The van der Waals surface area contributed by atoms with E-state index in [-0.39, 0.29) is 5.54 Å². The topological polar surface area (TPSA) is 49.3 Å². The molecule has 0 saturated heterocycles. The van der Waals surface area contributed by atoms with Crippen LogP contribution in [0, 0.1) is 0 Å². The fourth-order valence-corrected chi connectivity index (χ4v) is 2.22. The van der Waals surface area contributed by atoms with E-state index in [1.54, 1.807) is 0 Å². The first kappa shape index (κ1) is 13.3. The number of hydrogen-bond donors (Lipinski definition) is 2. The fraction of sp³-hybridized carbons (Fsp3) is 0.909. The Hall–Kier alpha value is -0.730. The minimum atomic E-state index is -0.889. The Morgan fingerprint density at radius 2 is 1.43 bits per heavy atom. The van der Waals surface area contributed by atoms with Crippen molar-refractivity contribution < 1.29 is 9.90 Å². The second-order valence-electron chi connectivity index (χ2n) is 3.96. The van der Waals surface area contributed by atoms with Gasteiger partial charge in [0.25, 0.3) is 0 Å². The molecule has 0 unspecified atom stereocenters. The number of nitrogens with one attached hydrogen (secondary N) is 1. The monoisotopic (exact) mass is 201 g/mol. The molecule has 0 radical (unpaired) electrons. The van der Waals surface area contributed by atoms with Gasteiger partial charge in [-0.05, 0) is 19.3 Å². The van der Waals surface area contributed by atoms with Crippen molar-refractivity contribution >= 4 is 6.09 Å². The molecule has 84 valence electrons. The molecule has 0 heterocycles. The number of carbonyl (C=O) groups is 1. The maximum Gasteiger partial charge on any atom is 0.405 e. The molecule has 0 fully saturated rings. The first-order valence-corrected chi connectivity index (χ1v) is 5.61. The van der Waals surface area contributed by atoms with Gasteiger partial charge in [-0.25, -0.2) is 4.79 Å². The highest BCUT2D eigenvalue weighted by atomic mass is 16.4. The van der Waals surface area contributed by atoms with Gasteiger partial charge in [-0.1, -0.05) is 40.0 Å². The summed E-state index contributed by atoms with van der Waals surface area (Å²) < 4.78 is 0. The van der Waals surface area contributed by atoms with Gasteiger partial charge in [0.15, 0.2) is 0 Å². The zero-order valence-corrected chi connectivity index (χ0v) is 9.60. The molecule has 0 spiro atoms. The van der Waals surface area contributed by atoms with Gasteiger partial charge in [-0.2, -0.15) is 0 Å². The van der Waals surface area contributed by atoms with Crippen LogP contribution < -0.4 is 5.32 Å². The molecule has 0 saturated carbocycles. The third kappa shape index (κ3) is 4.49. The van der Waals surface area contributed by atoms with Gasteiger partial charge in [-0.15, -0.1) is 0 Å². The van der Waals surface area contributed by atoms with Crippen LogP contribution in [0.15, 0.2) is 0 Å². The minimum absolute atomic E-state index is 0.177. The quantitative estimate of drug-likeness (QED) is 0.663. The average molecular weight is 201 g/mol. The van der Waals surface area contributed by atoms with E-state index in [1.807, 2.05) is 0 Å². The zero-order valence-electron chi connectivity index (χ0n) is 9.60. The first-order valence-electron chi connectivity index (χ1n) is 5.61. The molecular weight excluding hydrogens is 178 g/mol. The van der Waals surface area contributed by atoms with Crippen LogP contribution in [0.25, 0.3) is 0 Å². The summed E-state index contributed by atoms with van der Waals surface area (Å²) in [6, 6.07) is 0. The molecule has 0 aliphatic carbocycles. The number of rotatable bonds is 7. The number of carboxylic acid groups (broad SMARTS) is 1. The number of amides is 1. The van der Waals surface area contributed by atoms with Gasteiger partial charge in [-0.3, -0.25) is 0 Å². The lowest BCUT2D eigenvalue weighted by atomic mass is 9.84. The van der Waals surface area contributed by atoms with Crippen molar-refractivity contribution in [2.45, 2.75) is 64.8 Å². The summed E-state index contributed by atoms with van der Waals surface area (Å²) in [7, 11) is 0. The van der Waals surface area contributed by atoms with Crippen molar-refractivity contribution in [3.63, 3.8) is 0 Å². The third-order valence-corrected chi connectivity index (χ3v) is 2.56. The van der Waals surface area contributed by atoms with E-state index in [9.17, 15) is 4.79 Å². The SMILES string of the molecule is CCCC(CCC)(CCC)NC(=O)O. The van der Waals surface area contributed by atoms with Gasteiger partial charge >= 0.3 is 6.09 Å². The molecule has 14 heavy (non-hydrogen) atoms. The summed E-state index contributed by atoms with van der Waals surface area (Å²) in [4.78, 5) is 10.7. The molecule has 0 aromatic heterocycles. The van der Waals surface area contributed by atoms with E-state index in [4.69, 9.17) is 5.11 Å². The van der Waals surface area contributed by atoms with Crippen LogP contribution in [0.3, 0.4) is 0 Å². The first-order chi connectivity index (χ1) is 6.60. The van der Waals surface area contributed by atoms with Crippen LogP contribution in [0.5, 0.6) is 0 Å². The maximum absolute atomic E-state index is 10.7. The van der Waals surface area contributed by atoms with Crippen LogP contribution in [0.4, 0.5) is 4.79 Å². The lowest BCUT2D eigenvalue weighted by molar-refractivity contribution is 0.166. The second kappa shape index (κ2) is 6.68. The Labute approximate surface area is 86.9 Å². The summed E-state index contributed by atoms with van der Waals surface area (Å²) in [6.45, 7) is 6.30. The summed E-state index contributed by atoms with van der Waals surface area (Å²) in [5, 5.41) is 11.5. The number of hydrogen-bond acceptors (Lipinski definition) is 1. The highest BCUT2D eigenvalue weighted by molar-refractivity contribution is 5.65. The fourth-order valence-electron chi connectivity index (χ4n) is 2.22. The minimum Gasteiger partial charge on any atom is -0.465 e. The molecule has 0 aliphatic rings. The van der Waals surface area contributed by atoms with E-state index in [1.165, 1.54) is 0 Å². The predicted molar refractivity (Wildman–Crippen MR) is 58.6 cm³/mol. The van der Waals surface area contributed by atoms with Crippen molar-refractivity contribution in [1.82, 2.24) is 5.32 Å². The lowest BCUT2D eigenvalue weighted by Gasteiger charge is -2.33. The average Bonchev–Trinajstić information content (AvgIpc) is 2.03.